The predicted octanol–water partition coefficient (Wildman–Crippen LogP) is 13.8. The van der Waals surface area contributed by atoms with Gasteiger partial charge in [0, 0.05) is 45.5 Å². The molecule has 11 rings (SSSR count). The Kier molecular flexibility index (Phi) is 9.51. The van der Waals surface area contributed by atoms with Crippen LogP contribution in [-0.4, -0.2) is 24.5 Å². The lowest BCUT2D eigenvalue weighted by Gasteiger charge is -2.25. The van der Waals surface area contributed by atoms with Gasteiger partial charge in [-0.05, 0) is 70.7 Å². The first-order valence-corrected chi connectivity index (χ1v) is 21.2. The molecular weight excluding hydrogens is 759 g/mol. The molecule has 0 N–H and O–H groups in total. The maximum absolute atomic E-state index is 6.28. The molecule has 0 bridgehead atoms. The quantitative estimate of drug-likeness (QED) is 0.136. The molecule has 296 valence electrons. The van der Waals surface area contributed by atoms with E-state index in [1.165, 1.54) is 22.3 Å². The van der Waals surface area contributed by atoms with Crippen molar-refractivity contribution in [3.8, 4) is 34.2 Å². The minimum absolute atomic E-state index is 0.0986. The third-order valence-electron chi connectivity index (χ3n) is 11.8. The minimum Gasteiger partial charge on any atom is -0.456 e. The third-order valence-corrected chi connectivity index (χ3v) is 11.8. The van der Waals surface area contributed by atoms with Crippen LogP contribution >= 0.6 is 0 Å². The second kappa shape index (κ2) is 15.9. The summed E-state index contributed by atoms with van der Waals surface area (Å²) < 4.78 is 8.59. The molecule has 0 spiro atoms. The van der Waals surface area contributed by atoms with Gasteiger partial charge >= 0.3 is 0 Å². The van der Waals surface area contributed by atoms with E-state index in [4.69, 9.17) is 24.4 Å². The van der Waals surface area contributed by atoms with E-state index >= 15 is 0 Å². The Morgan fingerprint density at radius 1 is 0.548 bits per heavy atom. The summed E-state index contributed by atoms with van der Waals surface area (Å²) in [6.07, 6.45) is 8.71. The summed E-state index contributed by atoms with van der Waals surface area (Å²) in [5.74, 6) is 2.96. The Morgan fingerprint density at radius 2 is 1.13 bits per heavy atom. The van der Waals surface area contributed by atoms with Crippen LogP contribution in [0.25, 0.3) is 84.0 Å². The number of imidazole rings is 1. The first kappa shape index (κ1) is 37.1. The van der Waals surface area contributed by atoms with Gasteiger partial charge in [0.1, 0.15) is 17.0 Å². The van der Waals surface area contributed by atoms with Gasteiger partial charge in [-0.1, -0.05) is 171 Å². The lowest BCUT2D eigenvalue weighted by atomic mass is 9.79. The molecule has 1 atom stereocenters. The van der Waals surface area contributed by atoms with Gasteiger partial charge in [0.15, 0.2) is 17.5 Å². The molecule has 1 unspecified atom stereocenters. The molecule has 0 fully saturated rings. The van der Waals surface area contributed by atoms with Crippen LogP contribution in [-0.2, 0) is 6.42 Å². The van der Waals surface area contributed by atoms with Crippen molar-refractivity contribution in [1.29, 1.82) is 0 Å². The van der Waals surface area contributed by atoms with Crippen LogP contribution in [0, 0.1) is 5.92 Å². The number of hydrogen-bond acceptors (Lipinski definition) is 5. The number of allylic oxidation sites excluding steroid dienone is 5. The van der Waals surface area contributed by atoms with Gasteiger partial charge in [-0.15, -0.1) is 0 Å². The Morgan fingerprint density at radius 3 is 1.81 bits per heavy atom. The summed E-state index contributed by atoms with van der Waals surface area (Å²) in [5, 5.41) is 2.15. The topological polar surface area (TPSA) is 69.6 Å². The number of para-hydroxylation sites is 3. The largest absolute Gasteiger partial charge is 0.456 e. The molecule has 0 saturated carbocycles. The second-order valence-electron chi connectivity index (χ2n) is 15.6. The fourth-order valence-electron chi connectivity index (χ4n) is 8.84. The highest BCUT2D eigenvalue weighted by Gasteiger charge is 2.24. The molecule has 6 nitrogen and oxygen atoms in total. The van der Waals surface area contributed by atoms with E-state index in [9.17, 15) is 0 Å². The van der Waals surface area contributed by atoms with Crippen LogP contribution in [0.2, 0.25) is 0 Å². The first-order valence-electron chi connectivity index (χ1n) is 21.2. The van der Waals surface area contributed by atoms with Crippen LogP contribution in [0.3, 0.4) is 0 Å². The number of fused-ring (bicyclic) bond motifs is 4. The number of benzene rings is 7. The van der Waals surface area contributed by atoms with E-state index in [-0.39, 0.29) is 5.92 Å². The summed E-state index contributed by atoms with van der Waals surface area (Å²) in [5.41, 5.74) is 13.6. The van der Waals surface area contributed by atoms with E-state index in [1.54, 1.807) is 0 Å². The standard InChI is InChI=1S/C56H41N5O/c1-2-51-57-47-23-13-14-24-48(47)61(51)44-33-30-40(31-34-44)53(52(37-16-6-3-7-17-37)38-18-8-4-9-19-38)39-26-28-42(29-27-39)55-58-54(41-20-10-5-11-21-41)59-56(60-55)43-32-35-46-45-22-12-15-25-49(45)62-50(46)36-43/h3-30,32-36,40H,2,31H2,1H3. The Balaban J connectivity index is 1.03. The van der Waals surface area contributed by atoms with Crippen molar-refractivity contribution in [3.63, 3.8) is 0 Å². The van der Waals surface area contributed by atoms with E-state index in [0.717, 1.165) is 79.6 Å². The Hall–Kier alpha value is -7.96. The fourth-order valence-corrected chi connectivity index (χ4v) is 8.84. The minimum atomic E-state index is 0.0986. The van der Waals surface area contributed by atoms with Crippen molar-refractivity contribution in [2.75, 3.05) is 0 Å². The smallest absolute Gasteiger partial charge is 0.164 e. The van der Waals surface area contributed by atoms with E-state index in [1.807, 2.05) is 54.6 Å². The van der Waals surface area contributed by atoms with Crippen LogP contribution in [0.1, 0.15) is 35.9 Å². The molecule has 7 aromatic carbocycles. The molecule has 10 aromatic rings. The van der Waals surface area contributed by atoms with Crippen molar-refractivity contribution in [2.45, 2.75) is 19.8 Å². The molecule has 0 amide bonds. The van der Waals surface area contributed by atoms with Gasteiger partial charge in [0.2, 0.25) is 0 Å². The highest BCUT2D eigenvalue weighted by atomic mass is 16.3. The molecule has 6 heteroatoms. The van der Waals surface area contributed by atoms with Gasteiger partial charge < -0.3 is 4.42 Å². The zero-order chi connectivity index (χ0) is 41.4. The monoisotopic (exact) mass is 799 g/mol. The zero-order valence-electron chi connectivity index (χ0n) is 34.2. The van der Waals surface area contributed by atoms with Crippen LogP contribution in [0.4, 0.5) is 0 Å². The first-order chi connectivity index (χ1) is 30.7. The number of hydrogen-bond donors (Lipinski definition) is 0. The summed E-state index contributed by atoms with van der Waals surface area (Å²) in [7, 11) is 0. The lowest BCUT2D eigenvalue weighted by molar-refractivity contribution is 0.669. The van der Waals surface area contributed by atoms with Crippen molar-refractivity contribution in [3.05, 3.63) is 223 Å². The van der Waals surface area contributed by atoms with Crippen molar-refractivity contribution >= 4 is 49.8 Å². The van der Waals surface area contributed by atoms with Gasteiger partial charge in [-0.3, -0.25) is 4.57 Å². The summed E-state index contributed by atoms with van der Waals surface area (Å²) in [6.45, 7) is 2.17. The molecule has 0 radical (unpaired) electrons. The van der Waals surface area contributed by atoms with Crippen LogP contribution < -0.4 is 0 Å². The average molecular weight is 800 g/mol. The zero-order valence-corrected chi connectivity index (χ0v) is 34.2. The maximum Gasteiger partial charge on any atom is 0.164 e. The Bertz CT molecular complexity index is 3300. The molecule has 3 heterocycles. The van der Waals surface area contributed by atoms with Gasteiger partial charge in [0.05, 0.1) is 11.0 Å². The maximum atomic E-state index is 6.28. The van der Waals surface area contributed by atoms with Gasteiger partial charge in [-0.2, -0.15) is 0 Å². The number of rotatable bonds is 9. The summed E-state index contributed by atoms with van der Waals surface area (Å²) >= 11 is 0. The number of nitrogens with zero attached hydrogens (tertiary/aromatic N) is 5. The highest BCUT2D eigenvalue weighted by molar-refractivity contribution is 6.06. The third kappa shape index (κ3) is 6.82. The molecule has 62 heavy (non-hydrogen) atoms. The molecule has 0 aliphatic heterocycles. The van der Waals surface area contributed by atoms with Gasteiger partial charge in [-0.25, -0.2) is 19.9 Å². The SMILES string of the molecule is CCc1nc2ccccc2n1C1=CCC(C(=C(c2ccccc2)c2ccccc2)c2ccc(-c3nc(-c4ccccc4)nc(-c4ccc5c(c4)oc4ccccc45)n3)cc2)C=C1. The number of aromatic nitrogens is 5. The second-order valence-corrected chi connectivity index (χ2v) is 15.6. The average Bonchev–Trinajstić information content (AvgIpc) is 3.92. The van der Waals surface area contributed by atoms with E-state index in [0.29, 0.717) is 17.5 Å². The highest BCUT2D eigenvalue weighted by Crippen LogP contribution is 2.42. The van der Waals surface area contributed by atoms with E-state index in [2.05, 4.69) is 157 Å². The van der Waals surface area contributed by atoms with E-state index < -0.39 is 0 Å². The number of furan rings is 1. The van der Waals surface area contributed by atoms with Crippen molar-refractivity contribution in [1.82, 2.24) is 24.5 Å². The molecule has 1 aliphatic rings. The normalized spacial score (nSPS) is 13.8. The van der Waals surface area contributed by atoms with Gasteiger partial charge in [0.25, 0.3) is 0 Å². The fraction of sp³-hybridized carbons (Fsp3) is 0.0714. The molecule has 1 aliphatic carbocycles. The number of aryl methyl sites for hydroxylation is 1. The lowest BCUT2D eigenvalue weighted by Crippen LogP contribution is -2.10. The van der Waals surface area contributed by atoms with Crippen molar-refractivity contribution in [2.24, 2.45) is 5.92 Å². The molecular formula is C56H41N5O. The van der Waals surface area contributed by atoms with Crippen molar-refractivity contribution < 1.29 is 4.42 Å². The molecule has 3 aromatic heterocycles. The predicted molar refractivity (Wildman–Crippen MR) is 253 cm³/mol. The molecule has 0 saturated heterocycles. The Labute approximate surface area is 359 Å². The summed E-state index contributed by atoms with van der Waals surface area (Å²) in [4.78, 5) is 20.2. The van der Waals surface area contributed by atoms with Crippen LogP contribution in [0.15, 0.2) is 205 Å². The van der Waals surface area contributed by atoms with Crippen LogP contribution in [0.5, 0.6) is 0 Å². The summed E-state index contributed by atoms with van der Waals surface area (Å²) in [6, 6.07) is 63.1.